The standard InChI is InChI=1S/C12H16NO4/c1-13-9-7-8(5-6-10(9)15-2)11(16-3)12(14)17-4/h5-7,11H,1-4H3/q-1. The van der Waals surface area contributed by atoms with E-state index in [9.17, 15) is 4.79 Å². The van der Waals surface area contributed by atoms with Gasteiger partial charge in [-0.15, -0.1) is 7.05 Å². The Morgan fingerprint density at radius 2 is 2.00 bits per heavy atom. The van der Waals surface area contributed by atoms with E-state index in [-0.39, 0.29) is 0 Å². The van der Waals surface area contributed by atoms with Gasteiger partial charge >= 0.3 is 5.97 Å². The lowest BCUT2D eigenvalue weighted by molar-refractivity contribution is -0.152. The van der Waals surface area contributed by atoms with E-state index in [1.807, 2.05) is 0 Å². The van der Waals surface area contributed by atoms with E-state index >= 15 is 0 Å². The van der Waals surface area contributed by atoms with Crippen LogP contribution in [-0.2, 0) is 14.3 Å². The summed E-state index contributed by atoms with van der Waals surface area (Å²) in [6.45, 7) is 0. The van der Waals surface area contributed by atoms with E-state index in [4.69, 9.17) is 9.47 Å². The topological polar surface area (TPSA) is 58.9 Å². The highest BCUT2D eigenvalue weighted by molar-refractivity contribution is 5.77. The van der Waals surface area contributed by atoms with Crippen LogP contribution in [0.1, 0.15) is 11.7 Å². The summed E-state index contributed by atoms with van der Waals surface area (Å²) in [5.41, 5.74) is 1.34. The van der Waals surface area contributed by atoms with Gasteiger partial charge in [0.1, 0.15) is 5.75 Å². The molecular formula is C12H16NO4-. The van der Waals surface area contributed by atoms with Crippen molar-refractivity contribution >= 4 is 11.7 Å². The van der Waals surface area contributed by atoms with Crippen LogP contribution in [0, 0.1) is 0 Å². The number of hydrogen-bond donors (Lipinski definition) is 0. The monoisotopic (exact) mass is 238 g/mol. The maximum atomic E-state index is 11.5. The predicted molar refractivity (Wildman–Crippen MR) is 63.7 cm³/mol. The molecule has 0 heterocycles. The van der Waals surface area contributed by atoms with Gasteiger partial charge in [0, 0.05) is 7.11 Å². The number of nitrogens with zero attached hydrogens (tertiary/aromatic N) is 1. The van der Waals surface area contributed by atoms with Gasteiger partial charge in [-0.2, -0.15) is 0 Å². The molecule has 94 valence electrons. The lowest BCUT2D eigenvalue weighted by Crippen LogP contribution is -2.15. The SMILES string of the molecule is C[N-]c1cc(C(OC)C(=O)OC)ccc1OC. The van der Waals surface area contributed by atoms with Crippen LogP contribution >= 0.6 is 0 Å². The van der Waals surface area contributed by atoms with Crippen molar-refractivity contribution in [3.8, 4) is 5.75 Å². The molecule has 0 amide bonds. The number of benzene rings is 1. The summed E-state index contributed by atoms with van der Waals surface area (Å²) in [6.07, 6.45) is -0.744. The number of methoxy groups -OCH3 is 3. The molecule has 0 aliphatic carbocycles. The van der Waals surface area contributed by atoms with Crippen molar-refractivity contribution in [2.75, 3.05) is 28.4 Å². The molecule has 1 rings (SSSR count). The Morgan fingerprint density at radius 1 is 1.29 bits per heavy atom. The van der Waals surface area contributed by atoms with Crippen LogP contribution in [0.25, 0.3) is 5.32 Å². The lowest BCUT2D eigenvalue weighted by Gasteiger charge is -2.21. The van der Waals surface area contributed by atoms with Gasteiger partial charge in [-0.25, -0.2) is 4.79 Å². The first-order valence-corrected chi connectivity index (χ1v) is 5.06. The molecule has 1 unspecified atom stereocenters. The molecule has 0 spiro atoms. The van der Waals surface area contributed by atoms with Crippen LogP contribution in [0.15, 0.2) is 18.2 Å². The molecule has 1 aromatic carbocycles. The van der Waals surface area contributed by atoms with E-state index in [2.05, 4.69) is 10.1 Å². The highest BCUT2D eigenvalue weighted by Gasteiger charge is 2.20. The fraction of sp³-hybridized carbons (Fsp3) is 0.417. The molecule has 0 aromatic heterocycles. The number of esters is 1. The van der Waals surface area contributed by atoms with E-state index in [1.165, 1.54) is 14.2 Å². The van der Waals surface area contributed by atoms with Crippen molar-refractivity contribution < 1.29 is 19.0 Å². The molecule has 17 heavy (non-hydrogen) atoms. The Kier molecular flexibility index (Phi) is 4.78. The molecule has 0 N–H and O–H groups in total. The van der Waals surface area contributed by atoms with Crippen molar-refractivity contribution in [3.63, 3.8) is 0 Å². The molecule has 5 heteroatoms. The van der Waals surface area contributed by atoms with Gasteiger partial charge in [0.2, 0.25) is 0 Å². The molecule has 0 bridgehead atoms. The average Bonchev–Trinajstić information content (AvgIpc) is 2.38. The molecule has 0 fully saturated rings. The van der Waals surface area contributed by atoms with Gasteiger partial charge < -0.3 is 19.5 Å². The highest BCUT2D eigenvalue weighted by atomic mass is 16.6. The van der Waals surface area contributed by atoms with Crippen molar-refractivity contribution in [3.05, 3.63) is 29.1 Å². The van der Waals surface area contributed by atoms with Crippen molar-refractivity contribution in [2.45, 2.75) is 6.10 Å². The van der Waals surface area contributed by atoms with E-state index in [1.54, 1.807) is 32.4 Å². The van der Waals surface area contributed by atoms with Crippen molar-refractivity contribution in [2.24, 2.45) is 0 Å². The third kappa shape index (κ3) is 2.88. The number of ether oxygens (including phenoxy) is 3. The average molecular weight is 238 g/mol. The second-order valence-electron chi connectivity index (χ2n) is 3.29. The molecule has 0 radical (unpaired) electrons. The summed E-state index contributed by atoms with van der Waals surface area (Å²) in [4.78, 5) is 11.5. The molecule has 1 aromatic rings. The van der Waals surface area contributed by atoms with Crippen LogP contribution in [0.4, 0.5) is 5.69 Å². The molecule has 1 atom stereocenters. The first kappa shape index (κ1) is 13.3. The fourth-order valence-electron chi connectivity index (χ4n) is 1.52. The first-order chi connectivity index (χ1) is 8.17. The zero-order valence-electron chi connectivity index (χ0n) is 10.4. The normalized spacial score (nSPS) is 11.8. The molecule has 0 aliphatic rings. The summed E-state index contributed by atoms with van der Waals surface area (Å²) in [5.74, 6) is 0.204. The second kappa shape index (κ2) is 6.10. The van der Waals surface area contributed by atoms with Gasteiger partial charge in [0.05, 0.1) is 14.2 Å². The Hall–Kier alpha value is -1.75. The van der Waals surface area contributed by atoms with E-state index in [0.717, 1.165) is 0 Å². The third-order valence-corrected chi connectivity index (χ3v) is 2.40. The quantitative estimate of drug-likeness (QED) is 0.738. The molecular weight excluding hydrogens is 222 g/mol. The van der Waals surface area contributed by atoms with Gasteiger partial charge in [-0.1, -0.05) is 17.8 Å². The largest absolute Gasteiger partial charge is 0.684 e. The third-order valence-electron chi connectivity index (χ3n) is 2.40. The van der Waals surface area contributed by atoms with Crippen LogP contribution in [0.5, 0.6) is 5.75 Å². The van der Waals surface area contributed by atoms with Gasteiger partial charge in [0.25, 0.3) is 0 Å². The summed E-state index contributed by atoms with van der Waals surface area (Å²) in [7, 11) is 6.00. The van der Waals surface area contributed by atoms with Crippen LogP contribution < -0.4 is 4.74 Å². The Bertz CT molecular complexity index is 392. The second-order valence-corrected chi connectivity index (χ2v) is 3.29. The number of rotatable bonds is 5. The van der Waals surface area contributed by atoms with E-state index in [0.29, 0.717) is 17.0 Å². The molecule has 0 aliphatic heterocycles. The molecule has 0 saturated carbocycles. The van der Waals surface area contributed by atoms with Crippen LogP contribution in [0.2, 0.25) is 0 Å². The van der Waals surface area contributed by atoms with Gasteiger partial charge in [-0.05, 0) is 11.6 Å². The summed E-state index contributed by atoms with van der Waals surface area (Å²) >= 11 is 0. The Balaban J connectivity index is 3.09. The predicted octanol–water partition coefficient (Wildman–Crippen LogP) is 2.19. The smallest absolute Gasteiger partial charge is 0.339 e. The van der Waals surface area contributed by atoms with E-state index < -0.39 is 12.1 Å². The first-order valence-electron chi connectivity index (χ1n) is 5.06. The fourth-order valence-corrected chi connectivity index (χ4v) is 1.52. The highest BCUT2D eigenvalue weighted by Crippen LogP contribution is 2.33. The van der Waals surface area contributed by atoms with Gasteiger partial charge in [0.15, 0.2) is 6.10 Å². The Labute approximate surface area is 101 Å². The molecule has 5 nitrogen and oxygen atoms in total. The van der Waals surface area contributed by atoms with Crippen molar-refractivity contribution in [1.29, 1.82) is 0 Å². The maximum Gasteiger partial charge on any atom is 0.339 e. The van der Waals surface area contributed by atoms with Gasteiger partial charge in [-0.3, -0.25) is 0 Å². The summed E-state index contributed by atoms with van der Waals surface area (Å²) < 4.78 is 14.9. The number of carbonyl (C=O) groups excluding carboxylic acids is 1. The Morgan fingerprint density at radius 3 is 2.47 bits per heavy atom. The summed E-state index contributed by atoms with van der Waals surface area (Å²) in [6, 6.07) is 5.23. The zero-order chi connectivity index (χ0) is 12.8. The minimum atomic E-state index is -0.744. The summed E-state index contributed by atoms with van der Waals surface area (Å²) in [5, 5.41) is 4.07. The minimum Gasteiger partial charge on any atom is -0.684 e. The molecule has 0 saturated heterocycles. The van der Waals surface area contributed by atoms with Crippen molar-refractivity contribution in [1.82, 2.24) is 0 Å². The minimum absolute atomic E-state index is 0.445. The maximum absolute atomic E-state index is 11.5. The number of hydrogen-bond acceptors (Lipinski definition) is 4. The zero-order valence-corrected chi connectivity index (χ0v) is 10.4. The number of carbonyl (C=O) groups is 1. The lowest BCUT2D eigenvalue weighted by atomic mass is 10.1. The van der Waals surface area contributed by atoms with Crippen LogP contribution in [0.3, 0.4) is 0 Å². The van der Waals surface area contributed by atoms with Crippen LogP contribution in [-0.4, -0.2) is 34.3 Å².